The minimum atomic E-state index is -0.540. The first-order chi connectivity index (χ1) is 31.0. The van der Waals surface area contributed by atoms with Crippen molar-refractivity contribution >= 4 is 34.7 Å². The van der Waals surface area contributed by atoms with Gasteiger partial charge in [-0.1, -0.05) is 13.0 Å². The second-order valence-electron chi connectivity index (χ2n) is 18.8. The summed E-state index contributed by atoms with van der Waals surface area (Å²) in [6.07, 6.45) is 19.2. The summed E-state index contributed by atoms with van der Waals surface area (Å²) >= 11 is 0. The monoisotopic (exact) mass is 866 g/mol. The molecule has 1 aromatic carbocycles. The number of hydrogen-bond acceptors (Lipinski definition) is 9. The Balaban J connectivity index is 0.816. The highest BCUT2D eigenvalue weighted by Crippen LogP contribution is 2.40. The van der Waals surface area contributed by atoms with Gasteiger partial charge in [-0.15, -0.1) is 0 Å². The Morgan fingerprint density at radius 2 is 1.69 bits per heavy atom. The summed E-state index contributed by atoms with van der Waals surface area (Å²) < 4.78 is 19.6. The van der Waals surface area contributed by atoms with Crippen molar-refractivity contribution in [3.63, 3.8) is 0 Å². The zero-order chi connectivity index (χ0) is 44.5. The molecule has 5 aromatic rings. The Bertz CT molecular complexity index is 2550. The van der Waals surface area contributed by atoms with Crippen LogP contribution in [0.4, 0.5) is 15.9 Å². The molecule has 4 aliphatic rings. The van der Waals surface area contributed by atoms with Crippen LogP contribution >= 0.6 is 0 Å². The van der Waals surface area contributed by atoms with Gasteiger partial charge in [0, 0.05) is 90.4 Å². The zero-order valence-corrected chi connectivity index (χ0v) is 37.2. The number of pyridine rings is 2. The molecule has 4 fully saturated rings. The van der Waals surface area contributed by atoms with Crippen molar-refractivity contribution in [1.82, 2.24) is 34.7 Å². The van der Waals surface area contributed by atoms with E-state index in [-0.39, 0.29) is 47.3 Å². The largest absolute Gasteiger partial charge is 0.374 e. The number of carbonyl (C=O) groups excluding carboxylic acids is 3. The topological polar surface area (TPSA) is 153 Å². The van der Waals surface area contributed by atoms with Crippen LogP contribution < -0.4 is 20.9 Å². The molecule has 1 atom stereocenters. The molecule has 334 valence electrons. The van der Waals surface area contributed by atoms with Gasteiger partial charge in [0.1, 0.15) is 23.7 Å². The third-order valence-corrected chi connectivity index (χ3v) is 14.6. The smallest absolute Gasteiger partial charge is 0.249 e. The Kier molecular flexibility index (Phi) is 12.3. The molecular weight excluding hydrogens is 808 g/mol. The van der Waals surface area contributed by atoms with Crippen LogP contribution in [-0.4, -0.2) is 86.1 Å². The van der Waals surface area contributed by atoms with Gasteiger partial charge in [-0.25, -0.2) is 13.9 Å². The number of nitriles is 1. The standard InChI is InChI=1S/C50H59FN10O3/c1-4-50(49(64)55-32(2)3)18-23-59(24-19-50)45-13-5-34(28-53-45)42-25-36(31-61-47(42)37(27-52)29-54-61)35-17-22-60(30-35)40-9-7-39(8-10-40)58-20-15-33(16-21-58)41-11-6-38(26-43(41)51)56-44-12-14-46(62)57-48(44)63/h5-6,11,13,17,22,25-26,28-33,39-40,44,56H,4,7-10,12,14-16,18-21,23-24H2,1-3H3,(H,55,64)(H,57,62,63)/t39?,40?,44-/m1/s1. The molecule has 0 unspecified atom stereocenters. The molecule has 64 heavy (non-hydrogen) atoms. The molecule has 13 nitrogen and oxygen atoms in total. The van der Waals surface area contributed by atoms with Gasteiger partial charge in [-0.05, 0) is 139 Å². The van der Waals surface area contributed by atoms with Crippen molar-refractivity contribution in [1.29, 1.82) is 5.26 Å². The van der Waals surface area contributed by atoms with Crippen molar-refractivity contribution in [2.75, 3.05) is 36.4 Å². The van der Waals surface area contributed by atoms with Crippen LogP contribution in [0.3, 0.4) is 0 Å². The van der Waals surface area contributed by atoms with E-state index < -0.39 is 6.04 Å². The van der Waals surface area contributed by atoms with Crippen molar-refractivity contribution in [3.05, 3.63) is 90.4 Å². The van der Waals surface area contributed by atoms with Crippen LogP contribution in [0.25, 0.3) is 27.8 Å². The first-order valence-corrected chi connectivity index (χ1v) is 23.3. The van der Waals surface area contributed by atoms with Gasteiger partial charge in [-0.3, -0.25) is 19.7 Å². The lowest BCUT2D eigenvalue weighted by molar-refractivity contribution is -0.134. The molecule has 9 rings (SSSR count). The van der Waals surface area contributed by atoms with Crippen molar-refractivity contribution in [3.8, 4) is 28.3 Å². The molecular formula is C50H59FN10O3. The van der Waals surface area contributed by atoms with Gasteiger partial charge < -0.3 is 25.0 Å². The molecule has 3 saturated heterocycles. The van der Waals surface area contributed by atoms with Crippen molar-refractivity contribution in [2.24, 2.45) is 5.41 Å². The lowest BCUT2D eigenvalue weighted by Crippen LogP contribution is -2.50. The second kappa shape index (κ2) is 18.2. The van der Waals surface area contributed by atoms with E-state index in [0.29, 0.717) is 29.8 Å². The number of piperidine rings is 3. The number of anilines is 2. The number of aromatic nitrogens is 4. The van der Waals surface area contributed by atoms with Crippen molar-refractivity contribution < 1.29 is 18.8 Å². The fraction of sp³-hybridized carbons (Fsp3) is 0.480. The fourth-order valence-corrected chi connectivity index (χ4v) is 10.7. The van der Waals surface area contributed by atoms with E-state index in [1.807, 2.05) is 49.0 Å². The average Bonchev–Trinajstić information content (AvgIpc) is 3.98. The number of nitrogens with one attached hydrogen (secondary N) is 3. The van der Waals surface area contributed by atoms with E-state index in [4.69, 9.17) is 4.98 Å². The minimum absolute atomic E-state index is 0.118. The molecule has 14 heteroatoms. The van der Waals surface area contributed by atoms with Gasteiger partial charge in [0.25, 0.3) is 0 Å². The lowest BCUT2D eigenvalue weighted by atomic mass is 9.75. The molecule has 3 amide bonds. The highest BCUT2D eigenvalue weighted by atomic mass is 19.1. The number of hydrogen-bond donors (Lipinski definition) is 3. The Labute approximate surface area is 374 Å². The third-order valence-electron chi connectivity index (χ3n) is 14.6. The summed E-state index contributed by atoms with van der Waals surface area (Å²) in [6, 6.07) is 16.5. The average molecular weight is 867 g/mol. The third kappa shape index (κ3) is 8.74. The summed E-state index contributed by atoms with van der Waals surface area (Å²) in [7, 11) is 0. The fourth-order valence-electron chi connectivity index (χ4n) is 10.7. The van der Waals surface area contributed by atoms with Gasteiger partial charge in [0.05, 0.1) is 22.7 Å². The number of rotatable bonds is 11. The van der Waals surface area contributed by atoms with E-state index in [2.05, 4.69) is 79.0 Å². The highest BCUT2D eigenvalue weighted by molar-refractivity contribution is 6.01. The van der Waals surface area contributed by atoms with Crippen LogP contribution in [0, 0.1) is 22.6 Å². The second-order valence-corrected chi connectivity index (χ2v) is 18.8. The molecule has 7 heterocycles. The summed E-state index contributed by atoms with van der Waals surface area (Å²) in [4.78, 5) is 46.6. The summed E-state index contributed by atoms with van der Waals surface area (Å²) in [5, 5.41) is 23.2. The van der Waals surface area contributed by atoms with Crippen LogP contribution in [0.1, 0.15) is 114 Å². The molecule has 3 aliphatic heterocycles. The first-order valence-electron chi connectivity index (χ1n) is 23.3. The number of halogens is 1. The number of amides is 3. The van der Waals surface area contributed by atoms with Gasteiger partial charge in [0.15, 0.2) is 0 Å². The first kappa shape index (κ1) is 43.2. The molecule has 4 aromatic heterocycles. The minimum Gasteiger partial charge on any atom is -0.374 e. The molecule has 1 aliphatic carbocycles. The van der Waals surface area contributed by atoms with E-state index in [1.54, 1.807) is 6.20 Å². The quantitative estimate of drug-likeness (QED) is 0.112. The maximum atomic E-state index is 15.4. The number of carbonyl (C=O) groups is 3. The van der Waals surface area contributed by atoms with E-state index in [0.717, 1.165) is 123 Å². The molecule has 0 spiro atoms. The maximum Gasteiger partial charge on any atom is 0.249 e. The predicted octanol–water partition coefficient (Wildman–Crippen LogP) is 7.98. The SMILES string of the molecule is CCC1(C(=O)NC(C)C)CCN(c2ccc(-c3cc(-c4ccn(C5CCC(N6CCC(c7ccc(N[C@@H]8CCC(=O)NC8=O)cc7F)CC6)CC5)c4)cn4ncc(C#N)c34)cn2)CC1. The molecule has 1 saturated carbocycles. The molecule has 0 radical (unpaired) electrons. The zero-order valence-electron chi connectivity index (χ0n) is 37.2. The maximum absolute atomic E-state index is 15.4. The number of nitrogens with zero attached hydrogens (tertiary/aromatic N) is 7. The Hall–Kier alpha value is -6.07. The number of imide groups is 1. The Morgan fingerprint density at radius 3 is 2.36 bits per heavy atom. The van der Waals surface area contributed by atoms with E-state index in [9.17, 15) is 19.6 Å². The van der Waals surface area contributed by atoms with Gasteiger partial charge in [-0.2, -0.15) is 10.4 Å². The summed E-state index contributed by atoms with van der Waals surface area (Å²) in [5.74, 6) is 0.317. The van der Waals surface area contributed by atoms with Crippen LogP contribution in [0.5, 0.6) is 0 Å². The highest BCUT2D eigenvalue weighted by Gasteiger charge is 2.40. The summed E-state index contributed by atoms with van der Waals surface area (Å²) in [6.45, 7) is 9.55. The van der Waals surface area contributed by atoms with Crippen molar-refractivity contribution in [2.45, 2.75) is 121 Å². The summed E-state index contributed by atoms with van der Waals surface area (Å²) in [5.41, 5.74) is 6.13. The Morgan fingerprint density at radius 1 is 0.922 bits per heavy atom. The number of likely N-dealkylation sites (tertiary alicyclic amines) is 1. The van der Waals surface area contributed by atoms with Crippen LogP contribution in [0.15, 0.2) is 73.4 Å². The van der Waals surface area contributed by atoms with Gasteiger partial charge in [0.2, 0.25) is 17.7 Å². The lowest BCUT2D eigenvalue weighted by Gasteiger charge is -2.41. The van der Waals surface area contributed by atoms with E-state index >= 15 is 4.39 Å². The number of fused-ring (bicyclic) bond motifs is 1. The number of benzene rings is 1. The molecule has 0 bridgehead atoms. The normalized spacial score (nSPS) is 22.1. The molecule has 3 N–H and O–H groups in total. The predicted molar refractivity (Wildman–Crippen MR) is 245 cm³/mol. The van der Waals surface area contributed by atoms with E-state index in [1.165, 1.54) is 6.07 Å². The van der Waals surface area contributed by atoms with Crippen LogP contribution in [-0.2, 0) is 14.4 Å². The van der Waals surface area contributed by atoms with Crippen LogP contribution in [0.2, 0.25) is 0 Å². The van der Waals surface area contributed by atoms with Gasteiger partial charge >= 0.3 is 0 Å².